The van der Waals surface area contributed by atoms with Crippen LogP contribution in [0.5, 0.6) is 0 Å². The van der Waals surface area contributed by atoms with Crippen LogP contribution in [0.1, 0.15) is 17.3 Å². The molecule has 0 fully saturated rings. The molecule has 0 aliphatic rings. The summed E-state index contributed by atoms with van der Waals surface area (Å²) in [5.41, 5.74) is 0.508. The van der Waals surface area contributed by atoms with Crippen LogP contribution in [0, 0.1) is 6.92 Å². The highest BCUT2D eigenvalue weighted by Crippen LogP contribution is 2.26. The molecule has 27 heavy (non-hydrogen) atoms. The van der Waals surface area contributed by atoms with Crippen LogP contribution in [0.3, 0.4) is 0 Å². The summed E-state index contributed by atoms with van der Waals surface area (Å²) in [5.74, 6) is 0.873. The highest BCUT2D eigenvalue weighted by atomic mass is 32.1. The standard InChI is InChI=1S/C17H17F3N4O2S/c1-11-12(22-16(26-11)13-4-3-7-27-13)8-15(25)23(2)9-14-21-5-6-24(14)10-17(18,19)20/h3-7H,8-10H2,1-2H3. The molecule has 0 N–H and O–H groups in total. The average Bonchev–Trinajstić information content (AvgIpc) is 3.29. The number of nitrogens with zero attached hydrogens (tertiary/aromatic N) is 4. The number of thiophene rings is 1. The van der Waals surface area contributed by atoms with Gasteiger partial charge >= 0.3 is 6.18 Å². The highest BCUT2D eigenvalue weighted by molar-refractivity contribution is 7.13. The SMILES string of the molecule is Cc1oc(-c2cccs2)nc1CC(=O)N(C)Cc1nccn1CC(F)(F)F. The van der Waals surface area contributed by atoms with Crippen molar-refractivity contribution >= 4 is 17.2 Å². The van der Waals surface area contributed by atoms with Crippen molar-refractivity contribution in [2.24, 2.45) is 0 Å². The molecule has 1 amide bonds. The van der Waals surface area contributed by atoms with Crippen LogP contribution in [0.2, 0.25) is 0 Å². The fourth-order valence-electron chi connectivity index (χ4n) is 2.50. The van der Waals surface area contributed by atoms with Crippen molar-refractivity contribution in [2.75, 3.05) is 7.05 Å². The molecule has 0 saturated carbocycles. The number of likely N-dealkylation sites (N-methyl/N-ethyl adjacent to an activating group) is 1. The van der Waals surface area contributed by atoms with Gasteiger partial charge in [0.05, 0.1) is 23.5 Å². The molecular weight excluding hydrogens is 381 g/mol. The van der Waals surface area contributed by atoms with E-state index < -0.39 is 12.7 Å². The molecule has 0 unspecified atom stereocenters. The zero-order chi connectivity index (χ0) is 19.6. The third-order valence-corrected chi connectivity index (χ3v) is 4.76. The molecule has 0 aliphatic carbocycles. The molecule has 0 spiro atoms. The quantitative estimate of drug-likeness (QED) is 0.636. The molecule has 0 bridgehead atoms. The molecule has 0 aromatic carbocycles. The van der Waals surface area contributed by atoms with E-state index in [1.165, 1.54) is 35.7 Å². The maximum Gasteiger partial charge on any atom is 0.406 e. The van der Waals surface area contributed by atoms with Crippen LogP contribution < -0.4 is 0 Å². The normalized spacial score (nSPS) is 11.7. The third kappa shape index (κ3) is 4.76. The van der Waals surface area contributed by atoms with Gasteiger partial charge < -0.3 is 13.9 Å². The number of aromatic nitrogens is 3. The summed E-state index contributed by atoms with van der Waals surface area (Å²) in [4.78, 5) is 22.9. The first-order chi connectivity index (χ1) is 12.7. The molecule has 3 aromatic rings. The second kappa shape index (κ2) is 7.55. The minimum absolute atomic E-state index is 0.00279. The number of carbonyl (C=O) groups is 1. The largest absolute Gasteiger partial charge is 0.440 e. The summed E-state index contributed by atoms with van der Waals surface area (Å²) in [5, 5.41) is 1.90. The van der Waals surface area contributed by atoms with Gasteiger partial charge in [-0.2, -0.15) is 13.2 Å². The molecular formula is C17H17F3N4O2S. The topological polar surface area (TPSA) is 64.2 Å². The zero-order valence-corrected chi connectivity index (χ0v) is 15.5. The van der Waals surface area contributed by atoms with Crippen molar-refractivity contribution in [1.82, 2.24) is 19.4 Å². The molecule has 10 heteroatoms. The van der Waals surface area contributed by atoms with Gasteiger partial charge in [-0.3, -0.25) is 4.79 Å². The summed E-state index contributed by atoms with van der Waals surface area (Å²) in [6, 6.07) is 3.75. The molecule has 0 aliphatic heterocycles. The van der Waals surface area contributed by atoms with Crippen molar-refractivity contribution in [1.29, 1.82) is 0 Å². The van der Waals surface area contributed by atoms with E-state index >= 15 is 0 Å². The number of aryl methyl sites for hydroxylation is 1. The molecule has 3 rings (SSSR count). The third-order valence-electron chi connectivity index (χ3n) is 3.90. The predicted octanol–water partition coefficient (Wildman–Crippen LogP) is 3.67. The monoisotopic (exact) mass is 398 g/mol. The van der Waals surface area contributed by atoms with E-state index in [1.54, 1.807) is 6.92 Å². The van der Waals surface area contributed by atoms with Crippen molar-refractivity contribution in [3.8, 4) is 10.8 Å². The number of alkyl halides is 3. The van der Waals surface area contributed by atoms with Crippen molar-refractivity contribution < 1.29 is 22.4 Å². The summed E-state index contributed by atoms with van der Waals surface area (Å²) >= 11 is 1.48. The van der Waals surface area contributed by atoms with E-state index in [4.69, 9.17) is 4.42 Å². The van der Waals surface area contributed by atoms with E-state index in [9.17, 15) is 18.0 Å². The first kappa shape index (κ1) is 19.2. The minimum Gasteiger partial charge on any atom is -0.440 e. The molecule has 0 atom stereocenters. The van der Waals surface area contributed by atoms with E-state index in [1.807, 2.05) is 17.5 Å². The molecule has 6 nitrogen and oxygen atoms in total. The second-order valence-corrected chi connectivity index (χ2v) is 6.96. The highest BCUT2D eigenvalue weighted by Gasteiger charge is 2.29. The van der Waals surface area contributed by atoms with Crippen molar-refractivity contribution in [2.45, 2.75) is 32.6 Å². The Morgan fingerprint density at radius 2 is 2.19 bits per heavy atom. The smallest absolute Gasteiger partial charge is 0.406 e. The lowest BCUT2D eigenvalue weighted by molar-refractivity contribution is -0.141. The van der Waals surface area contributed by atoms with Crippen LogP contribution in [0.25, 0.3) is 10.8 Å². The summed E-state index contributed by atoms with van der Waals surface area (Å²) in [6.07, 6.45) is -1.82. The first-order valence-electron chi connectivity index (χ1n) is 8.04. The maximum absolute atomic E-state index is 12.6. The second-order valence-electron chi connectivity index (χ2n) is 6.01. The molecule has 0 saturated heterocycles. The Morgan fingerprint density at radius 1 is 1.41 bits per heavy atom. The zero-order valence-electron chi connectivity index (χ0n) is 14.7. The van der Waals surface area contributed by atoms with Gasteiger partial charge in [-0.25, -0.2) is 9.97 Å². The Labute approximate surface area is 157 Å². The Morgan fingerprint density at radius 3 is 2.85 bits per heavy atom. The van der Waals surface area contributed by atoms with Gasteiger partial charge in [0, 0.05) is 19.4 Å². The first-order valence-corrected chi connectivity index (χ1v) is 8.92. The van der Waals surface area contributed by atoms with Crippen LogP contribution in [-0.4, -0.2) is 38.6 Å². The van der Waals surface area contributed by atoms with E-state index in [0.29, 0.717) is 17.3 Å². The Balaban J connectivity index is 1.66. The predicted molar refractivity (Wildman–Crippen MR) is 93.0 cm³/mol. The lowest BCUT2D eigenvalue weighted by Gasteiger charge is -2.18. The van der Waals surface area contributed by atoms with Gasteiger partial charge in [-0.15, -0.1) is 11.3 Å². The molecule has 3 heterocycles. The average molecular weight is 398 g/mol. The lowest BCUT2D eigenvalue weighted by Crippen LogP contribution is -2.30. The molecule has 144 valence electrons. The van der Waals surface area contributed by atoms with Crippen LogP contribution >= 0.6 is 11.3 Å². The number of halogens is 3. The number of rotatable bonds is 6. The summed E-state index contributed by atoms with van der Waals surface area (Å²) < 4.78 is 44.4. The van der Waals surface area contributed by atoms with Gasteiger partial charge in [0.15, 0.2) is 0 Å². The van der Waals surface area contributed by atoms with Gasteiger partial charge in [0.25, 0.3) is 0 Å². The fraction of sp³-hybridized carbons (Fsp3) is 0.353. The fourth-order valence-corrected chi connectivity index (χ4v) is 3.15. The van der Waals surface area contributed by atoms with Crippen molar-refractivity contribution in [3.63, 3.8) is 0 Å². The van der Waals surface area contributed by atoms with Gasteiger partial charge in [-0.1, -0.05) is 6.07 Å². The Kier molecular flexibility index (Phi) is 5.36. The number of amides is 1. The number of hydrogen-bond donors (Lipinski definition) is 0. The van der Waals surface area contributed by atoms with Crippen LogP contribution in [-0.2, 0) is 24.3 Å². The van der Waals surface area contributed by atoms with Crippen molar-refractivity contribution in [3.05, 3.63) is 47.2 Å². The van der Waals surface area contributed by atoms with Crippen LogP contribution in [0.15, 0.2) is 34.3 Å². The Hall–Kier alpha value is -2.62. The maximum atomic E-state index is 12.6. The van der Waals surface area contributed by atoms with Gasteiger partial charge in [0.2, 0.25) is 11.8 Å². The lowest BCUT2D eigenvalue weighted by atomic mass is 10.2. The van der Waals surface area contributed by atoms with E-state index in [0.717, 1.165) is 9.44 Å². The van der Waals surface area contributed by atoms with Gasteiger partial charge in [0.1, 0.15) is 18.1 Å². The molecule has 3 aromatic heterocycles. The summed E-state index contributed by atoms with van der Waals surface area (Å²) in [6.45, 7) is 0.552. The summed E-state index contributed by atoms with van der Waals surface area (Å²) in [7, 11) is 1.52. The number of oxazole rings is 1. The van der Waals surface area contributed by atoms with E-state index in [2.05, 4.69) is 9.97 Å². The van der Waals surface area contributed by atoms with E-state index in [-0.39, 0.29) is 24.7 Å². The Bertz CT molecular complexity index is 915. The minimum atomic E-state index is -4.35. The van der Waals surface area contributed by atoms with Gasteiger partial charge in [-0.05, 0) is 18.4 Å². The number of imidazole rings is 1. The number of hydrogen-bond acceptors (Lipinski definition) is 5. The van der Waals surface area contributed by atoms with Crippen LogP contribution in [0.4, 0.5) is 13.2 Å². The number of carbonyl (C=O) groups excluding carboxylic acids is 1. The molecule has 0 radical (unpaired) electrons.